The van der Waals surface area contributed by atoms with E-state index in [1.807, 2.05) is 18.4 Å². The second-order valence-electron chi connectivity index (χ2n) is 6.69. The van der Waals surface area contributed by atoms with Gasteiger partial charge in [-0.1, -0.05) is 11.6 Å². The molecule has 0 amide bonds. The van der Waals surface area contributed by atoms with Crippen LogP contribution in [-0.2, 0) is 10.0 Å². The molecular formula is C20H18ClN5O3S2. The van der Waals surface area contributed by atoms with E-state index in [0.29, 0.717) is 33.3 Å². The van der Waals surface area contributed by atoms with Crippen LogP contribution in [0.1, 0.15) is 17.2 Å². The quantitative estimate of drug-likeness (QED) is 0.426. The molecule has 0 aliphatic carbocycles. The van der Waals surface area contributed by atoms with Gasteiger partial charge in [-0.2, -0.15) is 4.98 Å². The molecule has 0 unspecified atom stereocenters. The van der Waals surface area contributed by atoms with E-state index in [9.17, 15) is 8.42 Å². The van der Waals surface area contributed by atoms with Crippen molar-refractivity contribution in [1.29, 1.82) is 0 Å². The molecule has 0 atom stereocenters. The van der Waals surface area contributed by atoms with Gasteiger partial charge in [0, 0.05) is 17.4 Å². The lowest BCUT2D eigenvalue weighted by Gasteiger charge is -2.10. The first-order valence-corrected chi connectivity index (χ1v) is 11.8. The van der Waals surface area contributed by atoms with Gasteiger partial charge in [-0.3, -0.25) is 9.29 Å². The fraction of sp³-hybridized carbons (Fsp3) is 0.150. The molecule has 1 N–H and O–H groups in total. The Bertz CT molecular complexity index is 1350. The Morgan fingerprint density at radius 2 is 1.81 bits per heavy atom. The highest BCUT2D eigenvalue weighted by Gasteiger charge is 2.17. The van der Waals surface area contributed by atoms with Crippen molar-refractivity contribution in [3.63, 3.8) is 0 Å². The van der Waals surface area contributed by atoms with Crippen LogP contribution >= 0.6 is 22.9 Å². The Morgan fingerprint density at radius 3 is 2.42 bits per heavy atom. The number of hydrogen-bond acceptors (Lipinski definition) is 7. The molecule has 0 aliphatic rings. The molecular weight excluding hydrogens is 458 g/mol. The maximum absolute atomic E-state index is 12.4. The van der Waals surface area contributed by atoms with Crippen LogP contribution in [0, 0.1) is 20.8 Å². The summed E-state index contributed by atoms with van der Waals surface area (Å²) in [6.07, 6.45) is 1.71. The van der Waals surface area contributed by atoms with Crippen molar-refractivity contribution in [2.24, 2.45) is 0 Å². The molecule has 0 bridgehead atoms. The average Bonchev–Trinajstić information content (AvgIpc) is 3.29. The second-order valence-corrected chi connectivity index (χ2v) is 10.3. The van der Waals surface area contributed by atoms with E-state index in [1.54, 1.807) is 49.6 Å². The van der Waals surface area contributed by atoms with Gasteiger partial charge in [0.25, 0.3) is 10.0 Å². The molecule has 4 aromatic rings. The van der Waals surface area contributed by atoms with Crippen molar-refractivity contribution in [3.05, 3.63) is 70.3 Å². The number of aromatic nitrogens is 4. The predicted molar refractivity (Wildman–Crippen MR) is 120 cm³/mol. The van der Waals surface area contributed by atoms with Crippen LogP contribution in [0.4, 0.5) is 5.69 Å². The third-order valence-corrected chi connectivity index (χ3v) is 7.55. The number of sulfonamides is 1. The smallest absolute Gasteiger partial charge is 0.271 e. The molecule has 31 heavy (non-hydrogen) atoms. The number of thiophene rings is 1. The number of imidazole rings is 1. The average molecular weight is 476 g/mol. The molecule has 0 fully saturated rings. The second kappa shape index (κ2) is 8.29. The third kappa shape index (κ3) is 4.71. The fourth-order valence-electron chi connectivity index (χ4n) is 2.79. The van der Waals surface area contributed by atoms with E-state index < -0.39 is 10.0 Å². The Morgan fingerprint density at radius 1 is 1.06 bits per heavy atom. The summed E-state index contributed by atoms with van der Waals surface area (Å²) in [6, 6.07) is 11.3. The molecule has 0 saturated carbocycles. The van der Waals surface area contributed by atoms with Crippen LogP contribution in [0.15, 0.2) is 53.0 Å². The molecule has 160 valence electrons. The maximum Gasteiger partial charge on any atom is 0.271 e. The number of hydrogen-bond donors (Lipinski definition) is 1. The predicted octanol–water partition coefficient (Wildman–Crippen LogP) is 4.90. The molecule has 3 heterocycles. The first-order chi connectivity index (χ1) is 14.7. The van der Waals surface area contributed by atoms with E-state index in [4.69, 9.17) is 16.3 Å². The topological polar surface area (TPSA) is 99.0 Å². The van der Waals surface area contributed by atoms with Gasteiger partial charge in [-0.15, -0.1) is 11.3 Å². The first kappa shape index (κ1) is 21.3. The summed E-state index contributed by atoms with van der Waals surface area (Å²) in [4.78, 5) is 13.1. The lowest BCUT2D eigenvalue weighted by Crippen LogP contribution is -2.11. The number of nitrogens with zero attached hydrogens (tertiary/aromatic N) is 4. The normalized spacial score (nSPS) is 11.5. The van der Waals surface area contributed by atoms with Gasteiger partial charge in [0.1, 0.15) is 27.9 Å². The van der Waals surface area contributed by atoms with Gasteiger partial charge in [0.15, 0.2) is 0 Å². The highest BCUT2D eigenvalue weighted by atomic mass is 35.5. The van der Waals surface area contributed by atoms with Crippen molar-refractivity contribution in [2.45, 2.75) is 25.0 Å². The van der Waals surface area contributed by atoms with Crippen LogP contribution in [0.3, 0.4) is 0 Å². The van der Waals surface area contributed by atoms with Crippen LogP contribution in [0.25, 0.3) is 5.82 Å². The summed E-state index contributed by atoms with van der Waals surface area (Å²) in [7, 11) is -3.69. The van der Waals surface area contributed by atoms with E-state index in [0.717, 1.165) is 22.7 Å². The lowest BCUT2D eigenvalue weighted by atomic mass is 10.3. The SMILES string of the molecule is Cc1nc(Oc2ccc(NS(=O)(=O)c3ccc(Cl)s3)cc2)cc(-n2cnc(C)c2C)n1. The van der Waals surface area contributed by atoms with Gasteiger partial charge in [0.05, 0.1) is 10.0 Å². The number of nitrogens with one attached hydrogen (secondary N) is 1. The van der Waals surface area contributed by atoms with Crippen LogP contribution in [0.2, 0.25) is 4.34 Å². The molecule has 3 aromatic heterocycles. The summed E-state index contributed by atoms with van der Waals surface area (Å²) in [5, 5.41) is 0. The molecule has 0 aliphatic heterocycles. The van der Waals surface area contributed by atoms with Crippen LogP contribution < -0.4 is 9.46 Å². The zero-order chi connectivity index (χ0) is 22.2. The number of anilines is 1. The summed E-state index contributed by atoms with van der Waals surface area (Å²) >= 11 is 6.82. The number of aryl methyl sites for hydroxylation is 2. The van der Waals surface area contributed by atoms with Gasteiger partial charge in [-0.25, -0.2) is 18.4 Å². The van der Waals surface area contributed by atoms with Crippen molar-refractivity contribution in [2.75, 3.05) is 4.72 Å². The molecule has 0 radical (unpaired) electrons. The largest absolute Gasteiger partial charge is 0.439 e. The summed E-state index contributed by atoms with van der Waals surface area (Å²) in [5.41, 5.74) is 2.30. The molecule has 0 saturated heterocycles. The summed E-state index contributed by atoms with van der Waals surface area (Å²) in [5.74, 6) is 2.08. The third-order valence-electron chi connectivity index (χ3n) is 4.44. The van der Waals surface area contributed by atoms with Crippen LogP contribution in [0.5, 0.6) is 11.6 Å². The minimum atomic E-state index is -3.69. The van der Waals surface area contributed by atoms with E-state index >= 15 is 0 Å². The maximum atomic E-state index is 12.4. The minimum Gasteiger partial charge on any atom is -0.439 e. The molecule has 11 heteroatoms. The number of rotatable bonds is 6. The van der Waals surface area contributed by atoms with E-state index in [-0.39, 0.29) is 4.21 Å². The summed E-state index contributed by atoms with van der Waals surface area (Å²) < 4.78 is 35.6. The number of ether oxygens (including phenoxy) is 1. The Kier molecular flexibility index (Phi) is 5.69. The molecule has 0 spiro atoms. The Balaban J connectivity index is 1.52. The first-order valence-electron chi connectivity index (χ1n) is 9.14. The highest BCUT2D eigenvalue weighted by molar-refractivity contribution is 7.94. The van der Waals surface area contributed by atoms with Crippen LogP contribution in [-0.4, -0.2) is 27.9 Å². The minimum absolute atomic E-state index is 0.145. The number of benzene rings is 1. The highest BCUT2D eigenvalue weighted by Crippen LogP contribution is 2.28. The van der Waals surface area contributed by atoms with Gasteiger partial charge < -0.3 is 4.74 Å². The molecule has 8 nitrogen and oxygen atoms in total. The molecule has 4 rings (SSSR count). The van der Waals surface area contributed by atoms with Crippen molar-refractivity contribution in [1.82, 2.24) is 19.5 Å². The summed E-state index contributed by atoms with van der Waals surface area (Å²) in [6.45, 7) is 5.68. The lowest BCUT2D eigenvalue weighted by molar-refractivity contribution is 0.459. The Labute approximate surface area is 188 Å². The monoisotopic (exact) mass is 475 g/mol. The Hall–Kier alpha value is -2.95. The zero-order valence-electron chi connectivity index (χ0n) is 16.8. The van der Waals surface area contributed by atoms with Crippen molar-refractivity contribution in [3.8, 4) is 17.4 Å². The number of halogens is 1. The van der Waals surface area contributed by atoms with Crippen molar-refractivity contribution >= 4 is 38.6 Å². The van der Waals surface area contributed by atoms with E-state index in [1.165, 1.54) is 6.07 Å². The van der Waals surface area contributed by atoms with Gasteiger partial charge in [0.2, 0.25) is 5.88 Å². The van der Waals surface area contributed by atoms with Gasteiger partial charge >= 0.3 is 0 Å². The fourth-order valence-corrected chi connectivity index (χ4v) is 5.33. The van der Waals surface area contributed by atoms with Crippen molar-refractivity contribution < 1.29 is 13.2 Å². The standard InChI is InChI=1S/C20H18ClN5O3S2/c1-12-13(2)26(11-22-12)18-10-19(24-14(3)23-18)29-16-6-4-15(5-7-16)25-31(27,28)20-9-8-17(21)30-20/h4-11,25H,1-3H3. The van der Waals surface area contributed by atoms with Gasteiger partial charge in [-0.05, 0) is 57.2 Å². The zero-order valence-corrected chi connectivity index (χ0v) is 19.2. The molecule has 1 aromatic carbocycles. The van der Waals surface area contributed by atoms with E-state index in [2.05, 4.69) is 19.7 Å².